The van der Waals surface area contributed by atoms with Crippen LogP contribution in [0.15, 0.2) is 12.1 Å². The van der Waals surface area contributed by atoms with Crippen molar-refractivity contribution in [3.63, 3.8) is 0 Å². The van der Waals surface area contributed by atoms with Crippen molar-refractivity contribution < 1.29 is 9.84 Å². The molecule has 14 heavy (non-hydrogen) atoms. The van der Waals surface area contributed by atoms with E-state index in [1.54, 1.807) is 7.11 Å². The molecule has 0 radical (unpaired) electrons. The summed E-state index contributed by atoms with van der Waals surface area (Å²) in [6, 6.07) is 4.12. The van der Waals surface area contributed by atoms with E-state index >= 15 is 0 Å². The molecular formula is C12H16O2. The Labute approximate surface area is 84.5 Å². The Hall–Kier alpha value is -1.02. The van der Waals surface area contributed by atoms with Crippen LogP contribution in [0, 0.1) is 6.92 Å². The van der Waals surface area contributed by atoms with Crippen LogP contribution in [0.2, 0.25) is 0 Å². The summed E-state index contributed by atoms with van der Waals surface area (Å²) in [7, 11) is 1.67. The van der Waals surface area contributed by atoms with Gasteiger partial charge in [0.25, 0.3) is 0 Å². The van der Waals surface area contributed by atoms with Gasteiger partial charge in [0.15, 0.2) is 0 Å². The van der Waals surface area contributed by atoms with Crippen LogP contribution in [-0.2, 0) is 6.42 Å². The first-order valence-corrected chi connectivity index (χ1v) is 5.08. The molecular weight excluding hydrogens is 176 g/mol. The molecule has 0 unspecified atom stereocenters. The highest BCUT2D eigenvalue weighted by Crippen LogP contribution is 2.34. The summed E-state index contributed by atoms with van der Waals surface area (Å²) in [5.74, 6) is 0.879. The van der Waals surface area contributed by atoms with E-state index in [0.717, 1.165) is 36.1 Å². The second-order valence-electron chi connectivity index (χ2n) is 3.93. The highest BCUT2D eigenvalue weighted by Gasteiger charge is 2.19. The fourth-order valence-corrected chi connectivity index (χ4v) is 2.15. The Kier molecular flexibility index (Phi) is 2.46. The number of methoxy groups -OCH3 is 1. The SMILES string of the molecule is COc1cc2c(cc1C)CCC[C@@H]2O. The van der Waals surface area contributed by atoms with Gasteiger partial charge >= 0.3 is 0 Å². The van der Waals surface area contributed by atoms with E-state index in [1.165, 1.54) is 5.56 Å². The van der Waals surface area contributed by atoms with Gasteiger partial charge < -0.3 is 9.84 Å². The first kappa shape index (κ1) is 9.53. The number of hydrogen-bond donors (Lipinski definition) is 1. The van der Waals surface area contributed by atoms with Crippen molar-refractivity contribution in [3.05, 3.63) is 28.8 Å². The Morgan fingerprint density at radius 1 is 1.43 bits per heavy atom. The van der Waals surface area contributed by atoms with Crippen molar-refractivity contribution in [2.24, 2.45) is 0 Å². The van der Waals surface area contributed by atoms with E-state index in [-0.39, 0.29) is 6.10 Å². The molecule has 76 valence electrons. The van der Waals surface area contributed by atoms with Gasteiger partial charge in [-0.05, 0) is 48.9 Å². The van der Waals surface area contributed by atoms with E-state index < -0.39 is 0 Å². The van der Waals surface area contributed by atoms with Crippen LogP contribution in [-0.4, -0.2) is 12.2 Å². The van der Waals surface area contributed by atoms with Crippen molar-refractivity contribution in [2.45, 2.75) is 32.3 Å². The molecule has 1 aromatic rings. The lowest BCUT2D eigenvalue weighted by molar-refractivity contribution is 0.156. The normalized spacial score (nSPS) is 20.4. The van der Waals surface area contributed by atoms with Gasteiger partial charge in [-0.1, -0.05) is 6.07 Å². The van der Waals surface area contributed by atoms with Gasteiger partial charge in [0.2, 0.25) is 0 Å². The number of benzene rings is 1. The van der Waals surface area contributed by atoms with Gasteiger partial charge in [-0.3, -0.25) is 0 Å². The number of hydrogen-bond acceptors (Lipinski definition) is 2. The molecule has 2 nitrogen and oxygen atoms in total. The number of fused-ring (bicyclic) bond motifs is 1. The molecule has 0 fully saturated rings. The van der Waals surface area contributed by atoms with Crippen LogP contribution < -0.4 is 4.74 Å². The standard InChI is InChI=1S/C12H16O2/c1-8-6-9-4-3-5-11(13)10(9)7-12(8)14-2/h6-7,11,13H,3-5H2,1-2H3/t11-/m0/s1. The van der Waals surface area contributed by atoms with Crippen LogP contribution in [0.25, 0.3) is 0 Å². The fourth-order valence-electron chi connectivity index (χ4n) is 2.15. The molecule has 2 heteroatoms. The Balaban J connectivity index is 2.49. The van der Waals surface area contributed by atoms with Crippen LogP contribution in [0.5, 0.6) is 5.75 Å². The lowest BCUT2D eigenvalue weighted by Crippen LogP contribution is -2.09. The molecule has 1 aromatic carbocycles. The smallest absolute Gasteiger partial charge is 0.122 e. The molecule has 1 atom stereocenters. The van der Waals surface area contributed by atoms with Gasteiger partial charge in [0.05, 0.1) is 13.2 Å². The molecule has 0 amide bonds. The summed E-state index contributed by atoms with van der Waals surface area (Å²) in [5, 5.41) is 9.82. The second-order valence-corrected chi connectivity index (χ2v) is 3.93. The Morgan fingerprint density at radius 3 is 2.93 bits per heavy atom. The van der Waals surface area contributed by atoms with Crippen LogP contribution >= 0.6 is 0 Å². The minimum Gasteiger partial charge on any atom is -0.496 e. The van der Waals surface area contributed by atoms with Crippen molar-refractivity contribution in [1.82, 2.24) is 0 Å². The minimum absolute atomic E-state index is 0.298. The molecule has 0 bridgehead atoms. The second kappa shape index (κ2) is 3.62. The Morgan fingerprint density at radius 2 is 2.21 bits per heavy atom. The molecule has 2 rings (SSSR count). The third-order valence-corrected chi connectivity index (χ3v) is 2.94. The number of aliphatic hydroxyl groups is 1. The molecule has 0 spiro atoms. The maximum atomic E-state index is 9.82. The van der Waals surface area contributed by atoms with E-state index in [2.05, 4.69) is 6.07 Å². The average molecular weight is 192 g/mol. The lowest BCUT2D eigenvalue weighted by Gasteiger charge is -2.22. The first-order valence-electron chi connectivity index (χ1n) is 5.08. The summed E-state index contributed by atoms with van der Waals surface area (Å²) in [5.41, 5.74) is 3.49. The zero-order chi connectivity index (χ0) is 10.1. The molecule has 0 saturated carbocycles. The predicted molar refractivity (Wildman–Crippen MR) is 55.6 cm³/mol. The first-order chi connectivity index (χ1) is 6.72. The fraction of sp³-hybridized carbons (Fsp3) is 0.500. The highest BCUT2D eigenvalue weighted by molar-refractivity contribution is 5.44. The average Bonchev–Trinajstić information content (AvgIpc) is 2.17. The highest BCUT2D eigenvalue weighted by atomic mass is 16.5. The summed E-state index contributed by atoms with van der Waals surface area (Å²) < 4.78 is 5.25. The van der Waals surface area contributed by atoms with Crippen molar-refractivity contribution in [3.8, 4) is 5.75 Å². The zero-order valence-electron chi connectivity index (χ0n) is 8.71. The van der Waals surface area contributed by atoms with Crippen molar-refractivity contribution >= 4 is 0 Å². The van der Waals surface area contributed by atoms with Crippen molar-refractivity contribution in [1.29, 1.82) is 0 Å². The topological polar surface area (TPSA) is 29.5 Å². The number of ether oxygens (including phenoxy) is 1. The van der Waals surface area contributed by atoms with Gasteiger partial charge in [0.1, 0.15) is 5.75 Å². The van der Waals surface area contributed by atoms with E-state index in [9.17, 15) is 5.11 Å². The monoisotopic (exact) mass is 192 g/mol. The number of aryl methyl sites for hydroxylation is 2. The summed E-state index contributed by atoms with van der Waals surface area (Å²) in [4.78, 5) is 0. The molecule has 1 N–H and O–H groups in total. The van der Waals surface area contributed by atoms with Crippen LogP contribution in [0.4, 0.5) is 0 Å². The van der Waals surface area contributed by atoms with E-state index in [0.29, 0.717) is 0 Å². The molecule has 0 heterocycles. The number of aliphatic hydroxyl groups excluding tert-OH is 1. The molecule has 0 saturated heterocycles. The molecule has 0 aromatic heterocycles. The maximum absolute atomic E-state index is 9.82. The lowest BCUT2D eigenvalue weighted by atomic mass is 9.88. The quantitative estimate of drug-likeness (QED) is 0.740. The largest absolute Gasteiger partial charge is 0.496 e. The predicted octanol–water partition coefficient (Wildman–Crippen LogP) is 2.37. The van der Waals surface area contributed by atoms with E-state index in [4.69, 9.17) is 4.74 Å². The van der Waals surface area contributed by atoms with Gasteiger partial charge in [-0.25, -0.2) is 0 Å². The van der Waals surface area contributed by atoms with Crippen LogP contribution in [0.3, 0.4) is 0 Å². The third kappa shape index (κ3) is 1.50. The summed E-state index contributed by atoms with van der Waals surface area (Å²) >= 11 is 0. The molecule has 0 aliphatic heterocycles. The number of rotatable bonds is 1. The summed E-state index contributed by atoms with van der Waals surface area (Å²) in [6.45, 7) is 2.04. The minimum atomic E-state index is -0.298. The van der Waals surface area contributed by atoms with Gasteiger partial charge in [0, 0.05) is 0 Å². The van der Waals surface area contributed by atoms with Crippen molar-refractivity contribution in [2.75, 3.05) is 7.11 Å². The molecule has 1 aliphatic rings. The Bertz CT molecular complexity index is 344. The van der Waals surface area contributed by atoms with E-state index in [1.807, 2.05) is 13.0 Å². The third-order valence-electron chi connectivity index (χ3n) is 2.94. The van der Waals surface area contributed by atoms with Crippen LogP contribution in [0.1, 0.15) is 35.6 Å². The van der Waals surface area contributed by atoms with Gasteiger partial charge in [-0.15, -0.1) is 0 Å². The van der Waals surface area contributed by atoms with Gasteiger partial charge in [-0.2, -0.15) is 0 Å². The zero-order valence-corrected chi connectivity index (χ0v) is 8.71. The molecule has 1 aliphatic carbocycles. The maximum Gasteiger partial charge on any atom is 0.122 e. The summed E-state index contributed by atoms with van der Waals surface area (Å²) in [6.07, 6.45) is 2.74.